The average molecular weight is 368 g/mol. The molecule has 1 N–H and O–H groups in total. The highest BCUT2D eigenvalue weighted by Gasteiger charge is 2.31. The molecule has 1 atom stereocenters. The van der Waals surface area contributed by atoms with Crippen LogP contribution in [0.15, 0.2) is 29.2 Å². The number of nitrogens with one attached hydrogen (secondary N) is 1. The summed E-state index contributed by atoms with van der Waals surface area (Å²) in [5, 5.41) is 2.81. The standard InChI is InChI=1S/C18H29N3O3S/c1-4-6-16-7-9-17(10-8-16)25(23,24)21-13-11-20(12-14-21)15(3)18(22)19-5-2/h7-10,15H,4-6,11-14H2,1-3H3,(H,19,22)/t15-/m0/s1. The number of amides is 1. The van der Waals surface area contributed by atoms with Crippen LogP contribution in [0.3, 0.4) is 0 Å². The van der Waals surface area contributed by atoms with Gasteiger partial charge in [-0.2, -0.15) is 4.31 Å². The predicted octanol–water partition coefficient (Wildman–Crippen LogP) is 1.47. The Balaban J connectivity index is 2.00. The van der Waals surface area contributed by atoms with Gasteiger partial charge in [-0.1, -0.05) is 25.5 Å². The molecule has 1 fully saturated rings. The van der Waals surface area contributed by atoms with E-state index in [1.807, 2.05) is 30.9 Å². The number of hydrogen-bond acceptors (Lipinski definition) is 4. The Bertz CT molecular complexity index is 665. The molecular formula is C18H29N3O3S. The number of carbonyl (C=O) groups is 1. The normalized spacial score (nSPS) is 18.0. The second kappa shape index (κ2) is 8.78. The monoisotopic (exact) mass is 367 g/mol. The van der Waals surface area contributed by atoms with Crippen LogP contribution < -0.4 is 5.32 Å². The summed E-state index contributed by atoms with van der Waals surface area (Å²) in [5.41, 5.74) is 1.15. The first-order chi connectivity index (χ1) is 11.9. The van der Waals surface area contributed by atoms with Crippen molar-refractivity contribution in [1.82, 2.24) is 14.5 Å². The van der Waals surface area contributed by atoms with Crippen LogP contribution >= 0.6 is 0 Å². The summed E-state index contributed by atoms with van der Waals surface area (Å²) in [6, 6.07) is 6.94. The van der Waals surface area contributed by atoms with Crippen LogP contribution in [-0.2, 0) is 21.2 Å². The molecule has 1 amide bonds. The van der Waals surface area contributed by atoms with Gasteiger partial charge in [-0.15, -0.1) is 0 Å². The Labute approximate surface area is 151 Å². The highest BCUT2D eigenvalue weighted by Crippen LogP contribution is 2.19. The van der Waals surface area contributed by atoms with Crippen molar-refractivity contribution in [3.63, 3.8) is 0 Å². The molecule has 1 aromatic carbocycles. The van der Waals surface area contributed by atoms with E-state index < -0.39 is 10.0 Å². The van der Waals surface area contributed by atoms with Gasteiger partial charge in [0.05, 0.1) is 10.9 Å². The molecule has 0 spiro atoms. The molecule has 25 heavy (non-hydrogen) atoms. The first kappa shape index (κ1) is 19.9. The van der Waals surface area contributed by atoms with E-state index in [4.69, 9.17) is 0 Å². The van der Waals surface area contributed by atoms with Crippen molar-refractivity contribution < 1.29 is 13.2 Å². The Morgan fingerprint density at radius 1 is 1.12 bits per heavy atom. The van der Waals surface area contributed by atoms with Crippen LogP contribution in [0, 0.1) is 0 Å². The van der Waals surface area contributed by atoms with E-state index in [0.29, 0.717) is 37.6 Å². The molecule has 1 aromatic rings. The van der Waals surface area contributed by atoms with Gasteiger partial charge in [0.15, 0.2) is 0 Å². The molecule has 0 aliphatic carbocycles. The summed E-state index contributed by atoms with van der Waals surface area (Å²) < 4.78 is 27.1. The second-order valence-electron chi connectivity index (χ2n) is 6.40. The maximum absolute atomic E-state index is 12.8. The molecule has 1 aliphatic rings. The highest BCUT2D eigenvalue weighted by atomic mass is 32.2. The molecular weight excluding hydrogens is 338 g/mol. The van der Waals surface area contributed by atoms with Crippen LogP contribution in [0.2, 0.25) is 0 Å². The zero-order valence-corrected chi connectivity index (χ0v) is 16.2. The van der Waals surface area contributed by atoms with Crippen molar-refractivity contribution >= 4 is 15.9 Å². The summed E-state index contributed by atoms with van der Waals surface area (Å²) in [5.74, 6) is -0.00896. The highest BCUT2D eigenvalue weighted by molar-refractivity contribution is 7.89. The molecule has 0 radical (unpaired) electrons. The van der Waals surface area contributed by atoms with Crippen molar-refractivity contribution in [3.05, 3.63) is 29.8 Å². The zero-order chi connectivity index (χ0) is 18.4. The van der Waals surface area contributed by atoms with Gasteiger partial charge in [-0.05, 0) is 38.0 Å². The molecule has 140 valence electrons. The van der Waals surface area contributed by atoms with Gasteiger partial charge >= 0.3 is 0 Å². The van der Waals surface area contributed by atoms with Gasteiger partial charge in [0.25, 0.3) is 0 Å². The van der Waals surface area contributed by atoms with Crippen LogP contribution in [0.1, 0.15) is 32.8 Å². The molecule has 1 saturated heterocycles. The number of nitrogens with zero attached hydrogens (tertiary/aromatic N) is 2. The molecule has 0 aromatic heterocycles. The zero-order valence-electron chi connectivity index (χ0n) is 15.4. The topological polar surface area (TPSA) is 69.7 Å². The fourth-order valence-corrected chi connectivity index (χ4v) is 4.51. The summed E-state index contributed by atoms with van der Waals surface area (Å²) in [7, 11) is -3.47. The molecule has 0 saturated carbocycles. The number of rotatable bonds is 7. The molecule has 0 bridgehead atoms. The predicted molar refractivity (Wildman–Crippen MR) is 98.9 cm³/mol. The third-order valence-corrected chi connectivity index (χ3v) is 6.56. The van der Waals surface area contributed by atoms with E-state index in [2.05, 4.69) is 12.2 Å². The molecule has 0 unspecified atom stereocenters. The minimum atomic E-state index is -3.47. The van der Waals surface area contributed by atoms with Crippen molar-refractivity contribution in [2.24, 2.45) is 0 Å². The number of piperazine rings is 1. The fraction of sp³-hybridized carbons (Fsp3) is 0.611. The lowest BCUT2D eigenvalue weighted by molar-refractivity contribution is -0.126. The molecule has 6 nitrogen and oxygen atoms in total. The third-order valence-electron chi connectivity index (χ3n) is 4.65. The van der Waals surface area contributed by atoms with Crippen molar-refractivity contribution in [2.45, 2.75) is 44.6 Å². The van der Waals surface area contributed by atoms with E-state index >= 15 is 0 Å². The quantitative estimate of drug-likeness (QED) is 0.792. The second-order valence-corrected chi connectivity index (χ2v) is 8.34. The van der Waals surface area contributed by atoms with Gasteiger partial charge in [0.1, 0.15) is 0 Å². The van der Waals surface area contributed by atoms with E-state index in [0.717, 1.165) is 18.4 Å². The smallest absolute Gasteiger partial charge is 0.243 e. The molecule has 7 heteroatoms. The summed E-state index contributed by atoms with van der Waals surface area (Å²) in [6.45, 7) is 8.39. The Kier molecular flexibility index (Phi) is 6.98. The van der Waals surface area contributed by atoms with Crippen LogP contribution in [0.5, 0.6) is 0 Å². The minimum Gasteiger partial charge on any atom is -0.355 e. The SMILES string of the molecule is CCCc1ccc(S(=O)(=O)N2CCN([C@@H](C)C(=O)NCC)CC2)cc1. The number of benzene rings is 1. The Hall–Kier alpha value is -1.44. The number of sulfonamides is 1. The molecule has 2 rings (SSSR count). The Morgan fingerprint density at radius 2 is 1.72 bits per heavy atom. The largest absolute Gasteiger partial charge is 0.355 e. The first-order valence-corrected chi connectivity index (χ1v) is 10.4. The lowest BCUT2D eigenvalue weighted by Crippen LogP contribution is -2.54. The maximum Gasteiger partial charge on any atom is 0.243 e. The lowest BCUT2D eigenvalue weighted by atomic mass is 10.1. The summed E-state index contributed by atoms with van der Waals surface area (Å²) >= 11 is 0. The van der Waals surface area contributed by atoms with Gasteiger partial charge in [0, 0.05) is 32.7 Å². The van der Waals surface area contributed by atoms with Gasteiger partial charge in [-0.3, -0.25) is 9.69 Å². The van der Waals surface area contributed by atoms with Crippen LogP contribution in [-0.4, -0.2) is 62.3 Å². The third kappa shape index (κ3) is 4.80. The average Bonchev–Trinajstić information content (AvgIpc) is 2.62. The minimum absolute atomic E-state index is 0.00896. The van der Waals surface area contributed by atoms with E-state index in [9.17, 15) is 13.2 Å². The van der Waals surface area contributed by atoms with Crippen LogP contribution in [0.25, 0.3) is 0 Å². The van der Waals surface area contributed by atoms with Gasteiger partial charge in [0.2, 0.25) is 15.9 Å². The number of hydrogen-bond donors (Lipinski definition) is 1. The van der Waals surface area contributed by atoms with Crippen LogP contribution in [0.4, 0.5) is 0 Å². The van der Waals surface area contributed by atoms with Crippen molar-refractivity contribution in [3.8, 4) is 0 Å². The molecule has 1 aliphatic heterocycles. The fourth-order valence-electron chi connectivity index (χ4n) is 3.08. The Morgan fingerprint density at radius 3 is 2.24 bits per heavy atom. The van der Waals surface area contributed by atoms with E-state index in [1.165, 1.54) is 4.31 Å². The lowest BCUT2D eigenvalue weighted by Gasteiger charge is -2.36. The van der Waals surface area contributed by atoms with Crippen molar-refractivity contribution in [2.75, 3.05) is 32.7 Å². The molecule has 1 heterocycles. The van der Waals surface area contributed by atoms with Gasteiger partial charge < -0.3 is 5.32 Å². The van der Waals surface area contributed by atoms with E-state index in [-0.39, 0.29) is 11.9 Å². The number of carbonyl (C=O) groups excluding carboxylic acids is 1. The first-order valence-electron chi connectivity index (χ1n) is 9.01. The maximum atomic E-state index is 12.8. The summed E-state index contributed by atoms with van der Waals surface area (Å²) in [4.78, 5) is 14.3. The number of aryl methyl sites for hydroxylation is 1. The number of likely N-dealkylation sites (N-methyl/N-ethyl adjacent to an activating group) is 1. The van der Waals surface area contributed by atoms with E-state index in [1.54, 1.807) is 12.1 Å². The van der Waals surface area contributed by atoms with Crippen molar-refractivity contribution in [1.29, 1.82) is 0 Å². The summed E-state index contributed by atoms with van der Waals surface area (Å²) in [6.07, 6.45) is 1.99. The van der Waals surface area contributed by atoms with Gasteiger partial charge in [-0.25, -0.2) is 8.42 Å².